The Bertz CT molecular complexity index is 1010. The maximum absolute atomic E-state index is 13.3. The number of esters is 1. The van der Waals surface area contributed by atoms with Gasteiger partial charge >= 0.3 is 5.97 Å². The van der Waals surface area contributed by atoms with Gasteiger partial charge in [-0.25, -0.2) is 4.79 Å². The molecule has 3 unspecified atom stereocenters. The molecule has 2 aromatic rings. The van der Waals surface area contributed by atoms with Crippen LogP contribution in [0.5, 0.6) is 0 Å². The van der Waals surface area contributed by atoms with Crippen molar-refractivity contribution in [1.29, 1.82) is 0 Å². The normalized spacial score (nSPS) is 26.1. The first-order chi connectivity index (χ1) is 15.6. The summed E-state index contributed by atoms with van der Waals surface area (Å²) in [7, 11) is 0. The number of fused-ring (bicyclic) bond motifs is 1. The molecule has 32 heavy (non-hydrogen) atoms. The lowest BCUT2D eigenvalue weighted by atomic mass is 9.73. The Kier molecular flexibility index (Phi) is 5.81. The Hall–Kier alpha value is -2.95. The van der Waals surface area contributed by atoms with Crippen LogP contribution in [-0.2, 0) is 14.3 Å². The van der Waals surface area contributed by atoms with Gasteiger partial charge in [-0.2, -0.15) is 0 Å². The fourth-order valence-corrected chi connectivity index (χ4v) is 5.64. The summed E-state index contributed by atoms with van der Waals surface area (Å²) in [5.74, 6) is -0.910. The van der Waals surface area contributed by atoms with Crippen molar-refractivity contribution in [2.24, 2.45) is 11.8 Å². The number of hydrogen-bond acceptors (Lipinski definition) is 4. The number of nitrogens with zero attached hydrogens (tertiary/aromatic N) is 1. The van der Waals surface area contributed by atoms with Crippen molar-refractivity contribution in [2.45, 2.75) is 63.4 Å². The lowest BCUT2D eigenvalue weighted by molar-refractivity contribution is -0.122. The Balaban J connectivity index is 1.33. The average molecular weight is 432 g/mol. The van der Waals surface area contributed by atoms with E-state index < -0.39 is 0 Å². The number of benzene rings is 2. The molecule has 5 rings (SSSR count). The molecular weight excluding hydrogens is 402 g/mol. The molecule has 3 aliphatic rings. The Morgan fingerprint density at radius 1 is 0.812 bits per heavy atom. The molecule has 0 N–H and O–H groups in total. The fourth-order valence-electron chi connectivity index (χ4n) is 5.64. The van der Waals surface area contributed by atoms with Crippen LogP contribution in [0, 0.1) is 11.8 Å². The Morgan fingerprint density at radius 2 is 1.56 bits per heavy atom. The van der Waals surface area contributed by atoms with Gasteiger partial charge in [0.1, 0.15) is 6.10 Å². The van der Waals surface area contributed by atoms with Gasteiger partial charge in [-0.15, -0.1) is 0 Å². The zero-order valence-corrected chi connectivity index (χ0v) is 18.2. The molecular formula is C27H29NO4. The summed E-state index contributed by atoms with van der Waals surface area (Å²) >= 11 is 0. The number of ether oxygens (including phenoxy) is 1. The molecule has 2 aromatic carbocycles. The first-order valence-corrected chi connectivity index (χ1v) is 11.9. The number of hydrogen-bond donors (Lipinski definition) is 0. The fraction of sp³-hybridized carbons (Fsp3) is 0.444. The Labute approximate surface area is 188 Å². The second kappa shape index (κ2) is 8.89. The maximum atomic E-state index is 13.3. The summed E-state index contributed by atoms with van der Waals surface area (Å²) < 4.78 is 5.68. The first-order valence-electron chi connectivity index (χ1n) is 11.9. The number of carbonyl (C=O) groups is 3. The number of imide groups is 1. The maximum Gasteiger partial charge on any atom is 0.338 e. The van der Waals surface area contributed by atoms with Crippen LogP contribution in [0.2, 0.25) is 0 Å². The van der Waals surface area contributed by atoms with Crippen LogP contribution < -0.4 is 4.90 Å². The highest BCUT2D eigenvalue weighted by Gasteiger charge is 2.50. The third-order valence-corrected chi connectivity index (χ3v) is 7.36. The topological polar surface area (TPSA) is 63.7 Å². The van der Waals surface area contributed by atoms with E-state index in [1.165, 1.54) is 16.9 Å². The Morgan fingerprint density at radius 3 is 2.34 bits per heavy atom. The van der Waals surface area contributed by atoms with Gasteiger partial charge < -0.3 is 4.74 Å². The molecule has 1 aliphatic heterocycles. The van der Waals surface area contributed by atoms with Gasteiger partial charge in [0.05, 0.1) is 23.1 Å². The first kappa shape index (κ1) is 20.9. The summed E-state index contributed by atoms with van der Waals surface area (Å²) in [5, 5.41) is 0. The highest BCUT2D eigenvalue weighted by Crippen LogP contribution is 2.45. The predicted octanol–water partition coefficient (Wildman–Crippen LogP) is 5.25. The molecule has 2 saturated carbocycles. The second-order valence-electron chi connectivity index (χ2n) is 9.36. The zero-order chi connectivity index (χ0) is 22.1. The molecule has 1 heterocycles. The van der Waals surface area contributed by atoms with E-state index in [1.807, 2.05) is 18.2 Å². The van der Waals surface area contributed by atoms with Crippen LogP contribution in [0.1, 0.15) is 73.2 Å². The van der Waals surface area contributed by atoms with Crippen molar-refractivity contribution in [3.63, 3.8) is 0 Å². The van der Waals surface area contributed by atoms with E-state index in [4.69, 9.17) is 4.74 Å². The van der Waals surface area contributed by atoms with Crippen molar-refractivity contribution in [3.05, 3.63) is 65.7 Å². The highest BCUT2D eigenvalue weighted by molar-refractivity contribution is 6.22. The molecule has 2 aliphatic carbocycles. The number of amides is 2. The molecule has 1 saturated heterocycles. The van der Waals surface area contributed by atoms with Crippen LogP contribution in [0.3, 0.4) is 0 Å². The van der Waals surface area contributed by atoms with Gasteiger partial charge in [0.25, 0.3) is 0 Å². The van der Waals surface area contributed by atoms with Gasteiger partial charge in [-0.1, -0.05) is 42.8 Å². The van der Waals surface area contributed by atoms with Crippen molar-refractivity contribution >= 4 is 23.5 Å². The highest BCUT2D eigenvalue weighted by atomic mass is 16.5. The van der Waals surface area contributed by atoms with E-state index in [0.29, 0.717) is 30.0 Å². The van der Waals surface area contributed by atoms with Crippen LogP contribution in [0.15, 0.2) is 54.6 Å². The predicted molar refractivity (Wildman–Crippen MR) is 121 cm³/mol. The van der Waals surface area contributed by atoms with E-state index in [9.17, 15) is 14.4 Å². The van der Waals surface area contributed by atoms with Crippen molar-refractivity contribution in [1.82, 2.24) is 0 Å². The quantitative estimate of drug-likeness (QED) is 0.490. The smallest absolute Gasteiger partial charge is 0.338 e. The van der Waals surface area contributed by atoms with Crippen LogP contribution in [0.25, 0.3) is 0 Å². The van der Waals surface area contributed by atoms with Crippen LogP contribution in [0.4, 0.5) is 5.69 Å². The van der Waals surface area contributed by atoms with E-state index in [1.54, 1.807) is 24.3 Å². The van der Waals surface area contributed by atoms with Crippen LogP contribution in [-0.4, -0.2) is 23.9 Å². The zero-order valence-electron chi connectivity index (χ0n) is 18.2. The molecule has 0 spiro atoms. The average Bonchev–Trinajstić information content (AvgIpc) is 3.09. The molecule has 5 heteroatoms. The van der Waals surface area contributed by atoms with E-state index >= 15 is 0 Å². The number of carbonyl (C=O) groups excluding carboxylic acids is 3. The molecule has 0 bridgehead atoms. The molecule has 5 nitrogen and oxygen atoms in total. The third-order valence-electron chi connectivity index (χ3n) is 7.36. The minimum atomic E-state index is -0.376. The van der Waals surface area contributed by atoms with E-state index in [0.717, 1.165) is 32.1 Å². The molecule has 0 aromatic heterocycles. The van der Waals surface area contributed by atoms with Gasteiger partial charge in [-0.05, 0) is 74.6 Å². The van der Waals surface area contributed by atoms with Crippen LogP contribution >= 0.6 is 0 Å². The standard InChI is InChI=1S/C27H29NO4/c29-25-23-15-14-19(18-8-3-1-4-9-18)17-24(23)26(30)28(25)21-11-7-10-20(16-21)27(31)32-22-12-5-2-6-13-22/h1,3-4,7-11,16,19,22-24H,2,5-6,12-15,17H2. The van der Waals surface area contributed by atoms with E-state index in [2.05, 4.69) is 12.1 Å². The second-order valence-corrected chi connectivity index (χ2v) is 9.36. The molecule has 3 atom stereocenters. The van der Waals surface area contributed by atoms with Crippen molar-refractivity contribution < 1.29 is 19.1 Å². The van der Waals surface area contributed by atoms with Gasteiger partial charge in [0, 0.05) is 0 Å². The summed E-state index contributed by atoms with van der Waals surface area (Å²) in [6.07, 6.45) is 7.45. The van der Waals surface area contributed by atoms with Crippen molar-refractivity contribution in [3.8, 4) is 0 Å². The molecule has 0 radical (unpaired) electrons. The summed E-state index contributed by atoms with van der Waals surface area (Å²) in [6.45, 7) is 0. The summed E-state index contributed by atoms with van der Waals surface area (Å²) in [4.78, 5) is 40.5. The van der Waals surface area contributed by atoms with Crippen molar-refractivity contribution in [2.75, 3.05) is 4.90 Å². The number of anilines is 1. The van der Waals surface area contributed by atoms with Gasteiger partial charge in [0.2, 0.25) is 11.8 Å². The third kappa shape index (κ3) is 3.96. The van der Waals surface area contributed by atoms with Gasteiger partial charge in [0.15, 0.2) is 0 Å². The number of rotatable bonds is 4. The van der Waals surface area contributed by atoms with Gasteiger partial charge in [-0.3, -0.25) is 14.5 Å². The molecule has 2 amide bonds. The molecule has 3 fully saturated rings. The summed E-state index contributed by atoms with van der Waals surface area (Å²) in [5.41, 5.74) is 2.10. The summed E-state index contributed by atoms with van der Waals surface area (Å²) in [6, 6.07) is 17.0. The SMILES string of the molecule is O=C(OC1CCCCC1)c1cccc(N2C(=O)C3CCC(c4ccccc4)CC3C2=O)c1. The lowest BCUT2D eigenvalue weighted by Crippen LogP contribution is -2.31. The monoisotopic (exact) mass is 431 g/mol. The largest absolute Gasteiger partial charge is 0.459 e. The lowest BCUT2D eigenvalue weighted by Gasteiger charge is -2.28. The van der Waals surface area contributed by atoms with E-state index in [-0.39, 0.29) is 35.7 Å². The minimum absolute atomic E-state index is 0.0345. The molecule has 166 valence electrons. The minimum Gasteiger partial charge on any atom is -0.459 e.